The summed E-state index contributed by atoms with van der Waals surface area (Å²) in [6, 6.07) is 0. The van der Waals surface area contributed by atoms with E-state index >= 15 is 0 Å². The molecule has 86 valence electrons. The van der Waals surface area contributed by atoms with Crippen LogP contribution in [0, 0.1) is 5.41 Å². The summed E-state index contributed by atoms with van der Waals surface area (Å²) in [4.78, 5) is 11.6. The third-order valence-corrected chi connectivity index (χ3v) is 3.86. The quantitative estimate of drug-likeness (QED) is 0.621. The second-order valence-corrected chi connectivity index (χ2v) is 5.20. The minimum atomic E-state index is -0.588. The fraction of sp³-hybridized carbons (Fsp3) is 0.909. The Hall–Kier alpha value is -0.610. The number of hydrogen-bond donors (Lipinski definition) is 3. The third kappa shape index (κ3) is 2.16. The second-order valence-electron chi connectivity index (χ2n) is 5.20. The highest BCUT2D eigenvalue weighted by Gasteiger charge is 2.46. The SMILES string of the molecule is NC1(C(=O)NCC2(CO)CCCC2)CC1. The first-order valence-corrected chi connectivity index (χ1v) is 5.78. The van der Waals surface area contributed by atoms with Crippen LogP contribution in [0.25, 0.3) is 0 Å². The predicted octanol–water partition coefficient (Wildman–Crippen LogP) is 0.147. The zero-order valence-electron chi connectivity index (χ0n) is 9.09. The number of aliphatic hydroxyl groups excluding tert-OH is 1. The maximum Gasteiger partial charge on any atom is 0.240 e. The van der Waals surface area contributed by atoms with Crippen LogP contribution in [0.3, 0.4) is 0 Å². The molecule has 1 amide bonds. The summed E-state index contributed by atoms with van der Waals surface area (Å²) < 4.78 is 0. The zero-order chi connectivity index (χ0) is 10.9. The van der Waals surface area contributed by atoms with Gasteiger partial charge >= 0.3 is 0 Å². The normalized spacial score (nSPS) is 26.3. The van der Waals surface area contributed by atoms with Crippen LogP contribution in [0.5, 0.6) is 0 Å². The van der Waals surface area contributed by atoms with Crippen LogP contribution in [0.4, 0.5) is 0 Å². The Labute approximate surface area is 90.2 Å². The first-order valence-electron chi connectivity index (χ1n) is 5.78. The van der Waals surface area contributed by atoms with Gasteiger partial charge in [-0.2, -0.15) is 0 Å². The van der Waals surface area contributed by atoms with Crippen LogP contribution in [-0.4, -0.2) is 29.7 Å². The summed E-state index contributed by atoms with van der Waals surface area (Å²) in [5.41, 5.74) is 5.13. The lowest BCUT2D eigenvalue weighted by atomic mass is 9.87. The molecule has 0 heterocycles. The van der Waals surface area contributed by atoms with Gasteiger partial charge in [0.1, 0.15) is 0 Å². The highest BCUT2D eigenvalue weighted by molar-refractivity contribution is 5.88. The van der Waals surface area contributed by atoms with Crippen molar-refractivity contribution in [2.75, 3.05) is 13.2 Å². The summed E-state index contributed by atoms with van der Waals surface area (Å²) >= 11 is 0. The standard InChI is InChI=1S/C11H20N2O2/c12-11(5-6-11)9(15)13-7-10(8-14)3-1-2-4-10/h14H,1-8,12H2,(H,13,15). The Balaban J connectivity index is 1.83. The number of nitrogens with two attached hydrogens (primary N) is 1. The van der Waals surface area contributed by atoms with Gasteiger partial charge in [-0.15, -0.1) is 0 Å². The van der Waals surface area contributed by atoms with Gasteiger partial charge in [-0.1, -0.05) is 12.8 Å². The summed E-state index contributed by atoms with van der Waals surface area (Å²) in [5.74, 6) is -0.0396. The molecule has 0 aromatic heterocycles. The molecule has 4 heteroatoms. The van der Waals surface area contributed by atoms with E-state index in [9.17, 15) is 9.90 Å². The summed E-state index contributed by atoms with van der Waals surface area (Å²) in [6.45, 7) is 0.756. The molecule has 0 radical (unpaired) electrons. The molecular formula is C11H20N2O2. The van der Waals surface area contributed by atoms with Gasteiger partial charge in [0, 0.05) is 12.0 Å². The fourth-order valence-electron chi connectivity index (χ4n) is 2.32. The molecular weight excluding hydrogens is 192 g/mol. The Morgan fingerprint density at radius 1 is 1.27 bits per heavy atom. The van der Waals surface area contributed by atoms with Gasteiger partial charge in [-0.05, 0) is 25.7 Å². The zero-order valence-corrected chi connectivity index (χ0v) is 9.09. The highest BCUT2D eigenvalue weighted by Crippen LogP contribution is 2.37. The number of carbonyl (C=O) groups excluding carboxylic acids is 1. The molecule has 0 saturated heterocycles. The van der Waals surface area contributed by atoms with Crippen molar-refractivity contribution in [2.45, 2.75) is 44.1 Å². The number of nitrogens with one attached hydrogen (secondary N) is 1. The van der Waals surface area contributed by atoms with Crippen LogP contribution >= 0.6 is 0 Å². The van der Waals surface area contributed by atoms with Crippen LogP contribution in [0.2, 0.25) is 0 Å². The molecule has 2 fully saturated rings. The van der Waals surface area contributed by atoms with E-state index in [1.165, 1.54) is 0 Å². The molecule has 4 N–H and O–H groups in total. The maximum absolute atomic E-state index is 11.6. The number of rotatable bonds is 4. The Morgan fingerprint density at radius 2 is 1.87 bits per heavy atom. The molecule has 15 heavy (non-hydrogen) atoms. The Bertz CT molecular complexity index is 255. The van der Waals surface area contributed by atoms with Gasteiger partial charge < -0.3 is 16.2 Å². The smallest absolute Gasteiger partial charge is 0.240 e. The molecule has 0 bridgehead atoms. The van der Waals surface area contributed by atoms with Crippen molar-refractivity contribution in [1.82, 2.24) is 5.32 Å². The number of carbonyl (C=O) groups is 1. The van der Waals surface area contributed by atoms with Crippen molar-refractivity contribution in [2.24, 2.45) is 11.1 Å². The van der Waals surface area contributed by atoms with Crippen molar-refractivity contribution in [3.63, 3.8) is 0 Å². The first kappa shape index (κ1) is 10.9. The molecule has 2 aliphatic rings. The lowest BCUT2D eigenvalue weighted by Crippen LogP contribution is -2.47. The molecule has 4 nitrogen and oxygen atoms in total. The van der Waals surface area contributed by atoms with Crippen LogP contribution < -0.4 is 11.1 Å². The summed E-state index contributed by atoms with van der Waals surface area (Å²) in [7, 11) is 0. The van der Waals surface area contributed by atoms with E-state index in [0.717, 1.165) is 38.5 Å². The maximum atomic E-state index is 11.6. The van der Waals surface area contributed by atoms with Crippen LogP contribution in [-0.2, 0) is 4.79 Å². The third-order valence-electron chi connectivity index (χ3n) is 3.86. The van der Waals surface area contributed by atoms with Crippen molar-refractivity contribution in [3.8, 4) is 0 Å². The lowest BCUT2D eigenvalue weighted by Gasteiger charge is -2.27. The van der Waals surface area contributed by atoms with Gasteiger partial charge in [0.05, 0.1) is 12.1 Å². The van der Waals surface area contributed by atoms with Gasteiger partial charge in [-0.25, -0.2) is 0 Å². The molecule has 0 aliphatic heterocycles. The molecule has 0 spiro atoms. The molecule has 2 aliphatic carbocycles. The van der Waals surface area contributed by atoms with Crippen LogP contribution in [0.1, 0.15) is 38.5 Å². The average molecular weight is 212 g/mol. The van der Waals surface area contributed by atoms with Gasteiger partial charge in [0.2, 0.25) is 5.91 Å². The largest absolute Gasteiger partial charge is 0.396 e. The minimum absolute atomic E-state index is 0.0396. The molecule has 0 unspecified atom stereocenters. The van der Waals surface area contributed by atoms with Gasteiger partial charge in [0.15, 0.2) is 0 Å². The Morgan fingerprint density at radius 3 is 2.33 bits per heavy atom. The van der Waals surface area contributed by atoms with Crippen molar-refractivity contribution >= 4 is 5.91 Å². The first-order chi connectivity index (χ1) is 7.10. The van der Waals surface area contributed by atoms with Crippen LogP contribution in [0.15, 0.2) is 0 Å². The summed E-state index contributed by atoms with van der Waals surface area (Å²) in [5, 5.41) is 12.3. The lowest BCUT2D eigenvalue weighted by molar-refractivity contribution is -0.123. The Kier molecular flexibility index (Phi) is 2.73. The second kappa shape index (κ2) is 3.76. The molecule has 0 aromatic rings. The van der Waals surface area contributed by atoms with Crippen molar-refractivity contribution < 1.29 is 9.90 Å². The van der Waals surface area contributed by atoms with Crippen molar-refractivity contribution in [3.05, 3.63) is 0 Å². The van der Waals surface area contributed by atoms with E-state index in [2.05, 4.69) is 5.32 Å². The minimum Gasteiger partial charge on any atom is -0.396 e. The predicted molar refractivity (Wildman–Crippen MR) is 57.1 cm³/mol. The monoisotopic (exact) mass is 212 g/mol. The number of amides is 1. The van der Waals surface area contributed by atoms with Crippen molar-refractivity contribution in [1.29, 1.82) is 0 Å². The fourth-order valence-corrected chi connectivity index (χ4v) is 2.32. The van der Waals surface area contributed by atoms with E-state index in [4.69, 9.17) is 5.73 Å². The average Bonchev–Trinajstić information content (AvgIpc) is 2.84. The molecule has 0 atom stereocenters. The van der Waals surface area contributed by atoms with E-state index in [-0.39, 0.29) is 17.9 Å². The summed E-state index contributed by atoms with van der Waals surface area (Å²) in [6.07, 6.45) is 5.94. The highest BCUT2D eigenvalue weighted by atomic mass is 16.3. The molecule has 0 aromatic carbocycles. The van der Waals surface area contributed by atoms with E-state index < -0.39 is 5.54 Å². The van der Waals surface area contributed by atoms with E-state index in [1.807, 2.05) is 0 Å². The van der Waals surface area contributed by atoms with Gasteiger partial charge in [-0.3, -0.25) is 4.79 Å². The van der Waals surface area contributed by atoms with E-state index in [0.29, 0.717) is 6.54 Å². The number of hydrogen-bond acceptors (Lipinski definition) is 3. The topological polar surface area (TPSA) is 75.4 Å². The van der Waals surface area contributed by atoms with Gasteiger partial charge in [0.25, 0.3) is 0 Å². The number of aliphatic hydroxyl groups is 1. The molecule has 2 saturated carbocycles. The molecule has 2 rings (SSSR count). The van der Waals surface area contributed by atoms with E-state index in [1.54, 1.807) is 0 Å².